The van der Waals surface area contributed by atoms with E-state index in [1.54, 1.807) is 24.3 Å². The van der Waals surface area contributed by atoms with Gasteiger partial charge < -0.3 is 9.84 Å². The highest BCUT2D eigenvalue weighted by Crippen LogP contribution is 2.23. The molecule has 0 aliphatic rings. The van der Waals surface area contributed by atoms with E-state index in [2.05, 4.69) is 10.5 Å². The van der Waals surface area contributed by atoms with Crippen LogP contribution in [0.15, 0.2) is 65.2 Å². The Balaban J connectivity index is 1.65. The summed E-state index contributed by atoms with van der Waals surface area (Å²) in [6, 6.07) is 17.5. The number of hydrogen-bond acceptors (Lipinski definition) is 3. The Kier molecular flexibility index (Phi) is 4.70. The van der Waals surface area contributed by atoms with Crippen molar-refractivity contribution in [1.29, 1.82) is 0 Å². The van der Waals surface area contributed by atoms with Crippen molar-refractivity contribution in [2.45, 2.75) is 19.4 Å². The molecule has 0 radical (unpaired) electrons. The minimum atomic E-state index is -0.387. The van der Waals surface area contributed by atoms with E-state index in [1.165, 1.54) is 6.07 Å². The van der Waals surface area contributed by atoms with Gasteiger partial charge in [-0.3, -0.25) is 4.79 Å². The summed E-state index contributed by atoms with van der Waals surface area (Å²) in [6.07, 6.45) is 0.0785. The Labute approximate surface area is 139 Å². The molecule has 1 unspecified atom stereocenters. The minimum absolute atomic E-state index is 0.0785. The SMILES string of the molecule is CC(NC(=O)Cc1cc(-c2ccccc2F)on1)c1ccccc1. The fraction of sp³-hybridized carbons (Fsp3) is 0.158. The third kappa shape index (κ3) is 3.68. The van der Waals surface area contributed by atoms with Gasteiger partial charge in [-0.1, -0.05) is 47.6 Å². The molecule has 0 aliphatic heterocycles. The second-order valence-electron chi connectivity index (χ2n) is 5.54. The van der Waals surface area contributed by atoms with Gasteiger partial charge in [-0.25, -0.2) is 4.39 Å². The summed E-state index contributed by atoms with van der Waals surface area (Å²) in [5.74, 6) is -0.242. The van der Waals surface area contributed by atoms with E-state index in [4.69, 9.17) is 4.52 Å². The third-order valence-corrected chi connectivity index (χ3v) is 3.72. The molecular weight excluding hydrogens is 307 g/mol. The molecule has 0 aliphatic carbocycles. The Bertz CT molecular complexity index is 830. The molecular formula is C19H17FN2O2. The first-order valence-corrected chi connectivity index (χ1v) is 7.68. The molecule has 1 atom stereocenters. The number of rotatable bonds is 5. The molecule has 3 aromatic rings. The van der Waals surface area contributed by atoms with Gasteiger partial charge in [0.15, 0.2) is 5.76 Å². The number of aromatic nitrogens is 1. The van der Waals surface area contributed by atoms with Gasteiger partial charge in [0, 0.05) is 6.07 Å². The summed E-state index contributed by atoms with van der Waals surface area (Å²) in [7, 11) is 0. The van der Waals surface area contributed by atoms with Crippen molar-refractivity contribution in [2.75, 3.05) is 0 Å². The number of carbonyl (C=O) groups excluding carboxylic acids is 1. The monoisotopic (exact) mass is 324 g/mol. The van der Waals surface area contributed by atoms with Crippen LogP contribution in [0.25, 0.3) is 11.3 Å². The van der Waals surface area contributed by atoms with Crippen molar-refractivity contribution in [3.05, 3.63) is 77.7 Å². The van der Waals surface area contributed by atoms with E-state index in [0.29, 0.717) is 17.0 Å². The van der Waals surface area contributed by atoms with Gasteiger partial charge in [0.1, 0.15) is 5.82 Å². The van der Waals surface area contributed by atoms with Gasteiger partial charge >= 0.3 is 0 Å². The zero-order valence-electron chi connectivity index (χ0n) is 13.2. The molecule has 0 saturated carbocycles. The predicted octanol–water partition coefficient (Wildman–Crippen LogP) is 3.90. The van der Waals surface area contributed by atoms with E-state index < -0.39 is 0 Å². The van der Waals surface area contributed by atoms with Gasteiger partial charge in [0.2, 0.25) is 5.91 Å². The van der Waals surface area contributed by atoms with Gasteiger partial charge in [-0.05, 0) is 24.6 Å². The molecule has 0 bridgehead atoms. The maximum absolute atomic E-state index is 13.7. The van der Waals surface area contributed by atoms with E-state index in [0.717, 1.165) is 5.56 Å². The van der Waals surface area contributed by atoms with Crippen LogP contribution in [0.2, 0.25) is 0 Å². The molecule has 24 heavy (non-hydrogen) atoms. The Hall–Kier alpha value is -2.95. The molecule has 1 amide bonds. The summed E-state index contributed by atoms with van der Waals surface area (Å²) >= 11 is 0. The first-order valence-electron chi connectivity index (χ1n) is 7.68. The zero-order chi connectivity index (χ0) is 16.9. The van der Waals surface area contributed by atoms with Crippen LogP contribution in [-0.4, -0.2) is 11.1 Å². The van der Waals surface area contributed by atoms with Gasteiger partial charge in [-0.2, -0.15) is 0 Å². The highest BCUT2D eigenvalue weighted by Gasteiger charge is 2.15. The van der Waals surface area contributed by atoms with Crippen LogP contribution in [0.3, 0.4) is 0 Å². The summed E-state index contributed by atoms with van der Waals surface area (Å²) < 4.78 is 18.9. The zero-order valence-corrected chi connectivity index (χ0v) is 13.2. The smallest absolute Gasteiger partial charge is 0.226 e. The predicted molar refractivity (Wildman–Crippen MR) is 88.6 cm³/mol. The largest absolute Gasteiger partial charge is 0.356 e. The molecule has 3 rings (SSSR count). The maximum atomic E-state index is 13.7. The quantitative estimate of drug-likeness (QED) is 0.774. The first-order chi connectivity index (χ1) is 11.6. The summed E-state index contributed by atoms with van der Waals surface area (Å²) in [5, 5.41) is 6.76. The van der Waals surface area contributed by atoms with Crippen molar-refractivity contribution in [1.82, 2.24) is 10.5 Å². The van der Waals surface area contributed by atoms with E-state index >= 15 is 0 Å². The van der Waals surface area contributed by atoms with Crippen molar-refractivity contribution in [3.8, 4) is 11.3 Å². The highest BCUT2D eigenvalue weighted by molar-refractivity contribution is 5.78. The van der Waals surface area contributed by atoms with Crippen LogP contribution in [0, 0.1) is 5.82 Å². The molecule has 0 fully saturated rings. The van der Waals surface area contributed by atoms with E-state index in [-0.39, 0.29) is 24.2 Å². The fourth-order valence-electron chi connectivity index (χ4n) is 2.47. The second kappa shape index (κ2) is 7.08. The van der Waals surface area contributed by atoms with E-state index in [1.807, 2.05) is 37.3 Å². The lowest BCUT2D eigenvalue weighted by Crippen LogP contribution is -2.28. The molecule has 0 saturated heterocycles. The van der Waals surface area contributed by atoms with Gasteiger partial charge in [0.05, 0.1) is 23.7 Å². The molecule has 0 spiro atoms. The number of nitrogens with one attached hydrogen (secondary N) is 1. The molecule has 2 aromatic carbocycles. The molecule has 4 nitrogen and oxygen atoms in total. The third-order valence-electron chi connectivity index (χ3n) is 3.72. The number of carbonyl (C=O) groups is 1. The molecule has 1 heterocycles. The van der Waals surface area contributed by atoms with Gasteiger partial charge in [0.25, 0.3) is 0 Å². The van der Waals surface area contributed by atoms with Crippen molar-refractivity contribution >= 4 is 5.91 Å². The number of nitrogens with zero attached hydrogens (tertiary/aromatic N) is 1. The van der Waals surface area contributed by atoms with Crippen molar-refractivity contribution in [3.63, 3.8) is 0 Å². The van der Waals surface area contributed by atoms with Crippen LogP contribution in [0.4, 0.5) is 4.39 Å². The topological polar surface area (TPSA) is 55.1 Å². The lowest BCUT2D eigenvalue weighted by Gasteiger charge is -2.13. The Morgan fingerprint density at radius 2 is 1.88 bits per heavy atom. The average Bonchev–Trinajstić information content (AvgIpc) is 3.04. The molecule has 122 valence electrons. The van der Waals surface area contributed by atoms with Crippen molar-refractivity contribution in [2.24, 2.45) is 0 Å². The normalized spacial score (nSPS) is 11.9. The fourth-order valence-corrected chi connectivity index (χ4v) is 2.47. The maximum Gasteiger partial charge on any atom is 0.226 e. The van der Waals surface area contributed by atoms with E-state index in [9.17, 15) is 9.18 Å². The molecule has 5 heteroatoms. The lowest BCUT2D eigenvalue weighted by molar-refractivity contribution is -0.121. The van der Waals surface area contributed by atoms with Crippen LogP contribution in [0.1, 0.15) is 24.2 Å². The summed E-state index contributed by atoms with van der Waals surface area (Å²) in [4.78, 5) is 12.1. The second-order valence-corrected chi connectivity index (χ2v) is 5.54. The van der Waals surface area contributed by atoms with Gasteiger partial charge in [-0.15, -0.1) is 0 Å². The summed E-state index contributed by atoms with van der Waals surface area (Å²) in [5.41, 5.74) is 1.82. The number of hydrogen-bond donors (Lipinski definition) is 1. The summed E-state index contributed by atoms with van der Waals surface area (Å²) in [6.45, 7) is 1.92. The number of benzene rings is 2. The van der Waals surface area contributed by atoms with Crippen molar-refractivity contribution < 1.29 is 13.7 Å². The van der Waals surface area contributed by atoms with Crippen LogP contribution >= 0.6 is 0 Å². The number of halogens is 1. The van der Waals surface area contributed by atoms with Crippen LogP contribution in [0.5, 0.6) is 0 Å². The Morgan fingerprint density at radius 3 is 2.62 bits per heavy atom. The lowest BCUT2D eigenvalue weighted by atomic mass is 10.1. The standard InChI is InChI=1S/C19H17FN2O2/c1-13(14-7-3-2-4-8-14)21-19(23)12-15-11-18(24-22-15)16-9-5-6-10-17(16)20/h2-11,13H,12H2,1H3,(H,21,23). The molecule has 1 aromatic heterocycles. The Morgan fingerprint density at radius 1 is 1.17 bits per heavy atom. The minimum Gasteiger partial charge on any atom is -0.356 e. The highest BCUT2D eigenvalue weighted by atomic mass is 19.1. The average molecular weight is 324 g/mol. The first kappa shape index (κ1) is 15.9. The van der Waals surface area contributed by atoms with Crippen LogP contribution < -0.4 is 5.32 Å². The van der Waals surface area contributed by atoms with Crippen LogP contribution in [-0.2, 0) is 11.2 Å². The number of amides is 1. The molecule has 1 N–H and O–H groups in total.